The van der Waals surface area contributed by atoms with Gasteiger partial charge in [-0.2, -0.15) is 0 Å². The number of anilines is 1. The van der Waals surface area contributed by atoms with Gasteiger partial charge in [0, 0.05) is 25.7 Å². The maximum Gasteiger partial charge on any atom is 0.150 e. The monoisotopic (exact) mass is 326 g/mol. The van der Waals surface area contributed by atoms with Crippen LogP contribution in [-0.2, 0) is 6.42 Å². The lowest BCUT2D eigenvalue weighted by Crippen LogP contribution is -2.34. The van der Waals surface area contributed by atoms with Crippen molar-refractivity contribution in [3.63, 3.8) is 0 Å². The average Bonchev–Trinajstić information content (AvgIpc) is 2.60. The minimum Gasteiger partial charge on any atom is -0.508 e. The van der Waals surface area contributed by atoms with E-state index in [4.69, 9.17) is 0 Å². The molecule has 0 radical (unpaired) electrons. The molecule has 1 saturated heterocycles. The number of hydrogen-bond donors (Lipinski definition) is 2. The van der Waals surface area contributed by atoms with Gasteiger partial charge in [0.2, 0.25) is 0 Å². The van der Waals surface area contributed by atoms with Crippen LogP contribution in [0.4, 0.5) is 5.82 Å². The number of nitrogens with one attached hydrogen (secondary N) is 1. The minimum atomic E-state index is 0.289. The number of nitrogens with zero attached hydrogens (tertiary/aromatic N) is 3. The molecule has 1 aromatic heterocycles. The van der Waals surface area contributed by atoms with Gasteiger partial charge < -0.3 is 15.3 Å². The molecule has 1 aliphatic rings. The molecule has 5 nitrogen and oxygen atoms in total. The van der Waals surface area contributed by atoms with Crippen LogP contribution in [0.2, 0.25) is 0 Å². The Hall–Kier alpha value is -2.14. The van der Waals surface area contributed by atoms with Gasteiger partial charge >= 0.3 is 0 Å². The second-order valence-electron chi connectivity index (χ2n) is 6.74. The molecule has 0 spiro atoms. The molecule has 0 bridgehead atoms. The lowest BCUT2D eigenvalue weighted by atomic mass is 9.96. The van der Waals surface area contributed by atoms with Gasteiger partial charge in [-0.3, -0.25) is 0 Å². The standard InChI is InChI=1S/C19H26N4O/c1-23(2)19-9-8-18(21-22-19)15-11-14(12-17(24)13-15)6-7-16-5-3-4-10-20-16/h8-9,11-13,16,20,24H,3-7,10H2,1-2H3/t16-/m0/s1. The van der Waals surface area contributed by atoms with Gasteiger partial charge in [0.15, 0.2) is 5.82 Å². The number of piperidine rings is 1. The third kappa shape index (κ3) is 4.23. The number of hydrogen-bond acceptors (Lipinski definition) is 5. The van der Waals surface area contributed by atoms with Crippen molar-refractivity contribution in [1.82, 2.24) is 15.5 Å². The predicted octanol–water partition coefficient (Wildman–Crippen LogP) is 2.99. The minimum absolute atomic E-state index is 0.289. The van der Waals surface area contributed by atoms with E-state index < -0.39 is 0 Å². The van der Waals surface area contributed by atoms with Crippen LogP contribution in [0.5, 0.6) is 5.75 Å². The molecule has 24 heavy (non-hydrogen) atoms. The first-order valence-electron chi connectivity index (χ1n) is 8.69. The van der Waals surface area contributed by atoms with Gasteiger partial charge in [-0.15, -0.1) is 10.2 Å². The van der Waals surface area contributed by atoms with Gasteiger partial charge in [0.25, 0.3) is 0 Å². The molecular weight excluding hydrogens is 300 g/mol. The molecule has 0 aliphatic carbocycles. The summed E-state index contributed by atoms with van der Waals surface area (Å²) >= 11 is 0. The number of aryl methyl sites for hydroxylation is 1. The van der Waals surface area contributed by atoms with E-state index in [9.17, 15) is 5.11 Å². The Balaban J connectivity index is 1.73. The predicted molar refractivity (Wildman–Crippen MR) is 97.4 cm³/mol. The first-order valence-corrected chi connectivity index (χ1v) is 8.69. The Labute approximate surface area is 143 Å². The van der Waals surface area contributed by atoms with Crippen LogP contribution in [0.1, 0.15) is 31.2 Å². The van der Waals surface area contributed by atoms with Crippen molar-refractivity contribution < 1.29 is 5.11 Å². The van der Waals surface area contributed by atoms with E-state index in [0.717, 1.165) is 42.0 Å². The van der Waals surface area contributed by atoms with Crippen LogP contribution in [-0.4, -0.2) is 42.0 Å². The fraction of sp³-hybridized carbons (Fsp3) is 0.474. The number of phenolic OH excluding ortho intramolecular Hbond substituents is 1. The van der Waals surface area contributed by atoms with E-state index in [1.165, 1.54) is 19.3 Å². The fourth-order valence-electron chi connectivity index (χ4n) is 3.20. The van der Waals surface area contributed by atoms with Crippen LogP contribution in [0.15, 0.2) is 30.3 Å². The van der Waals surface area contributed by atoms with Crippen LogP contribution < -0.4 is 10.2 Å². The van der Waals surface area contributed by atoms with E-state index in [-0.39, 0.29) is 5.75 Å². The first kappa shape index (κ1) is 16.7. The molecule has 2 N–H and O–H groups in total. The smallest absolute Gasteiger partial charge is 0.150 e. The zero-order valence-corrected chi connectivity index (χ0v) is 14.5. The number of aromatic nitrogens is 2. The van der Waals surface area contributed by atoms with Crippen molar-refractivity contribution in [2.24, 2.45) is 0 Å². The summed E-state index contributed by atoms with van der Waals surface area (Å²) in [6.07, 6.45) is 5.92. The van der Waals surface area contributed by atoms with E-state index in [0.29, 0.717) is 6.04 Å². The lowest BCUT2D eigenvalue weighted by molar-refractivity contribution is 0.382. The topological polar surface area (TPSA) is 61.3 Å². The largest absolute Gasteiger partial charge is 0.508 e. The van der Waals surface area contributed by atoms with Crippen LogP contribution in [0, 0.1) is 0 Å². The highest BCUT2D eigenvalue weighted by Gasteiger charge is 2.13. The Morgan fingerprint density at radius 1 is 1.17 bits per heavy atom. The second-order valence-corrected chi connectivity index (χ2v) is 6.74. The van der Waals surface area contributed by atoms with Crippen molar-refractivity contribution in [2.45, 2.75) is 38.1 Å². The van der Waals surface area contributed by atoms with Crippen molar-refractivity contribution in [2.75, 3.05) is 25.5 Å². The summed E-state index contributed by atoms with van der Waals surface area (Å²) in [6.45, 7) is 1.13. The summed E-state index contributed by atoms with van der Waals surface area (Å²) < 4.78 is 0. The molecule has 1 aromatic carbocycles. The van der Waals surface area contributed by atoms with Gasteiger partial charge in [-0.1, -0.05) is 6.42 Å². The van der Waals surface area contributed by atoms with Gasteiger partial charge in [-0.25, -0.2) is 0 Å². The molecule has 1 atom stereocenters. The lowest BCUT2D eigenvalue weighted by Gasteiger charge is -2.23. The third-order valence-electron chi connectivity index (χ3n) is 4.58. The highest BCUT2D eigenvalue weighted by Crippen LogP contribution is 2.26. The van der Waals surface area contributed by atoms with E-state index in [2.05, 4.69) is 21.6 Å². The van der Waals surface area contributed by atoms with Crippen molar-refractivity contribution in [3.05, 3.63) is 35.9 Å². The highest BCUT2D eigenvalue weighted by atomic mass is 16.3. The first-order chi connectivity index (χ1) is 11.6. The van der Waals surface area contributed by atoms with E-state index >= 15 is 0 Å². The molecule has 1 aliphatic heterocycles. The van der Waals surface area contributed by atoms with Crippen LogP contribution in [0.25, 0.3) is 11.3 Å². The number of aromatic hydroxyl groups is 1. The van der Waals surface area contributed by atoms with Gasteiger partial charge in [0.05, 0.1) is 5.69 Å². The maximum absolute atomic E-state index is 10.1. The molecule has 2 heterocycles. The normalized spacial score (nSPS) is 17.7. The molecule has 128 valence electrons. The summed E-state index contributed by atoms with van der Waals surface area (Å²) in [6, 6.07) is 10.2. The number of phenols is 1. The average molecular weight is 326 g/mol. The van der Waals surface area contributed by atoms with Crippen LogP contribution in [0.3, 0.4) is 0 Å². The summed E-state index contributed by atoms with van der Waals surface area (Å²) in [7, 11) is 3.88. The highest BCUT2D eigenvalue weighted by molar-refractivity contribution is 5.63. The second kappa shape index (κ2) is 7.62. The van der Waals surface area contributed by atoms with Crippen molar-refractivity contribution >= 4 is 5.82 Å². The Bertz CT molecular complexity index is 664. The molecule has 1 fully saturated rings. The zero-order chi connectivity index (χ0) is 16.9. The Morgan fingerprint density at radius 2 is 2.04 bits per heavy atom. The van der Waals surface area contributed by atoms with Gasteiger partial charge in [-0.05, 0) is 68.1 Å². The quantitative estimate of drug-likeness (QED) is 0.884. The van der Waals surface area contributed by atoms with E-state index in [1.807, 2.05) is 37.2 Å². The third-order valence-corrected chi connectivity index (χ3v) is 4.58. The number of rotatable bonds is 5. The zero-order valence-electron chi connectivity index (χ0n) is 14.5. The van der Waals surface area contributed by atoms with Gasteiger partial charge in [0.1, 0.15) is 5.75 Å². The Kier molecular flexibility index (Phi) is 5.30. The molecule has 0 amide bonds. The Morgan fingerprint density at radius 3 is 2.71 bits per heavy atom. The maximum atomic E-state index is 10.1. The summed E-state index contributed by atoms with van der Waals surface area (Å²) in [5.74, 6) is 1.11. The molecule has 0 unspecified atom stereocenters. The molecule has 0 saturated carbocycles. The molecule has 5 heteroatoms. The van der Waals surface area contributed by atoms with E-state index in [1.54, 1.807) is 6.07 Å². The molecular formula is C19H26N4O. The number of benzene rings is 1. The van der Waals surface area contributed by atoms with Crippen LogP contribution >= 0.6 is 0 Å². The SMILES string of the molecule is CN(C)c1ccc(-c2cc(O)cc(CC[C@@H]3CCCCN3)c2)nn1. The molecule has 2 aromatic rings. The summed E-state index contributed by atoms with van der Waals surface area (Å²) in [5, 5.41) is 22.1. The summed E-state index contributed by atoms with van der Waals surface area (Å²) in [4.78, 5) is 1.92. The summed E-state index contributed by atoms with van der Waals surface area (Å²) in [5.41, 5.74) is 2.85. The van der Waals surface area contributed by atoms with Crippen molar-refractivity contribution in [3.8, 4) is 17.0 Å². The molecule has 3 rings (SSSR count). The fourth-order valence-corrected chi connectivity index (χ4v) is 3.20. The van der Waals surface area contributed by atoms with Crippen molar-refractivity contribution in [1.29, 1.82) is 0 Å².